The first-order chi connectivity index (χ1) is 8.12. The molecule has 0 atom stereocenters. The van der Waals surface area contributed by atoms with E-state index in [1.54, 1.807) is 0 Å². The summed E-state index contributed by atoms with van der Waals surface area (Å²) in [5.74, 6) is 1.41. The Bertz CT molecular complexity index is 256. The third-order valence-electron chi connectivity index (χ3n) is 2.44. The van der Waals surface area contributed by atoms with Crippen LogP contribution >= 0.6 is 11.8 Å². The smallest absolute Gasteiger partial charge is 0.211 e. The van der Waals surface area contributed by atoms with Crippen molar-refractivity contribution in [2.24, 2.45) is 0 Å². The van der Waals surface area contributed by atoms with Crippen LogP contribution in [0.1, 0.15) is 32.1 Å². The second-order valence-electron chi connectivity index (χ2n) is 4.08. The van der Waals surface area contributed by atoms with Crippen molar-refractivity contribution in [3.05, 3.63) is 0 Å². The first kappa shape index (κ1) is 17.2. The number of nitrogens with one attached hydrogen (secondary N) is 2. The van der Waals surface area contributed by atoms with Crippen LogP contribution in [-0.2, 0) is 10.0 Å². The van der Waals surface area contributed by atoms with Crippen molar-refractivity contribution in [2.45, 2.75) is 32.1 Å². The summed E-state index contributed by atoms with van der Waals surface area (Å²) in [6.07, 6.45) is 6.94. The Hall–Kier alpha value is 0.220. The van der Waals surface area contributed by atoms with E-state index in [9.17, 15) is 8.42 Å². The maximum atomic E-state index is 11.5. The molecule has 2 N–H and O–H groups in total. The second-order valence-corrected chi connectivity index (χ2v) is 6.99. The van der Waals surface area contributed by atoms with Crippen molar-refractivity contribution in [3.63, 3.8) is 0 Å². The summed E-state index contributed by atoms with van der Waals surface area (Å²) in [6, 6.07) is 0. The predicted octanol–water partition coefficient (Wildman–Crippen LogP) is 1.44. The summed E-state index contributed by atoms with van der Waals surface area (Å²) in [7, 11) is -1.16. The number of thioether (sulfide) groups is 1. The highest BCUT2D eigenvalue weighted by atomic mass is 32.2. The van der Waals surface area contributed by atoms with Crippen LogP contribution in [0, 0.1) is 0 Å². The van der Waals surface area contributed by atoms with E-state index < -0.39 is 10.0 Å². The summed E-state index contributed by atoms with van der Waals surface area (Å²) in [5, 5.41) is 3.01. The van der Waals surface area contributed by atoms with Crippen molar-refractivity contribution in [1.29, 1.82) is 0 Å². The second kappa shape index (κ2) is 11.3. The van der Waals surface area contributed by atoms with Crippen molar-refractivity contribution >= 4 is 21.8 Å². The lowest BCUT2D eigenvalue weighted by molar-refractivity contribution is 0.571. The molecule has 0 aromatic rings. The highest BCUT2D eigenvalue weighted by Crippen LogP contribution is 2.02. The van der Waals surface area contributed by atoms with Crippen LogP contribution < -0.4 is 10.0 Å². The molecular weight excluding hydrogens is 256 g/mol. The SMILES string of the molecule is CNCCCCS(=O)(=O)NCCCCCSC. The van der Waals surface area contributed by atoms with Crippen LogP contribution in [0.2, 0.25) is 0 Å². The number of rotatable bonds is 12. The molecule has 0 bridgehead atoms. The highest BCUT2D eigenvalue weighted by Gasteiger charge is 2.08. The predicted molar refractivity (Wildman–Crippen MR) is 77.2 cm³/mol. The summed E-state index contributed by atoms with van der Waals surface area (Å²) in [6.45, 7) is 1.47. The third kappa shape index (κ3) is 12.5. The zero-order chi connectivity index (χ0) is 13.0. The Morgan fingerprint density at radius 2 is 1.71 bits per heavy atom. The average Bonchev–Trinajstić information content (AvgIpc) is 2.29. The molecule has 6 heteroatoms. The minimum Gasteiger partial charge on any atom is -0.320 e. The Balaban J connectivity index is 3.44. The molecule has 0 aliphatic heterocycles. The van der Waals surface area contributed by atoms with Crippen LogP contribution in [0.15, 0.2) is 0 Å². The van der Waals surface area contributed by atoms with Crippen molar-refractivity contribution in [3.8, 4) is 0 Å². The Morgan fingerprint density at radius 1 is 1.00 bits per heavy atom. The van der Waals surface area contributed by atoms with Gasteiger partial charge in [0.2, 0.25) is 10.0 Å². The molecule has 104 valence electrons. The van der Waals surface area contributed by atoms with E-state index in [1.807, 2.05) is 18.8 Å². The molecule has 0 radical (unpaired) electrons. The zero-order valence-electron chi connectivity index (χ0n) is 11.0. The zero-order valence-corrected chi connectivity index (χ0v) is 12.6. The summed E-state index contributed by atoms with van der Waals surface area (Å²) >= 11 is 1.84. The maximum Gasteiger partial charge on any atom is 0.211 e. The first-order valence-electron chi connectivity index (χ1n) is 6.23. The topological polar surface area (TPSA) is 58.2 Å². The Morgan fingerprint density at radius 3 is 2.35 bits per heavy atom. The lowest BCUT2D eigenvalue weighted by Crippen LogP contribution is -2.27. The molecule has 0 saturated carbocycles. The fourth-order valence-electron chi connectivity index (χ4n) is 1.44. The van der Waals surface area contributed by atoms with Gasteiger partial charge in [-0.25, -0.2) is 13.1 Å². The van der Waals surface area contributed by atoms with Crippen molar-refractivity contribution in [1.82, 2.24) is 10.0 Å². The normalized spacial score (nSPS) is 11.9. The fraction of sp³-hybridized carbons (Fsp3) is 1.00. The summed E-state index contributed by atoms with van der Waals surface area (Å²) in [4.78, 5) is 0. The van der Waals surface area contributed by atoms with Gasteiger partial charge in [0.25, 0.3) is 0 Å². The number of hydrogen-bond donors (Lipinski definition) is 2. The average molecular weight is 282 g/mol. The van der Waals surface area contributed by atoms with Gasteiger partial charge in [0.1, 0.15) is 0 Å². The van der Waals surface area contributed by atoms with Crippen LogP contribution in [0.5, 0.6) is 0 Å². The van der Waals surface area contributed by atoms with Gasteiger partial charge in [-0.1, -0.05) is 6.42 Å². The quantitative estimate of drug-likeness (QED) is 0.532. The van der Waals surface area contributed by atoms with Gasteiger partial charge in [-0.3, -0.25) is 0 Å². The van der Waals surface area contributed by atoms with Crippen LogP contribution in [0.25, 0.3) is 0 Å². The molecule has 0 heterocycles. The van der Waals surface area contributed by atoms with E-state index in [0.29, 0.717) is 6.54 Å². The lowest BCUT2D eigenvalue weighted by Gasteiger charge is -2.06. The molecule has 0 aliphatic carbocycles. The van der Waals surface area contributed by atoms with Crippen LogP contribution in [-0.4, -0.2) is 46.3 Å². The molecule has 0 aromatic carbocycles. The Kier molecular flexibility index (Phi) is 11.5. The van der Waals surface area contributed by atoms with E-state index >= 15 is 0 Å². The van der Waals surface area contributed by atoms with E-state index in [0.717, 1.165) is 38.0 Å². The largest absolute Gasteiger partial charge is 0.320 e. The third-order valence-corrected chi connectivity index (χ3v) is 4.60. The van der Waals surface area contributed by atoms with Gasteiger partial charge in [-0.05, 0) is 51.3 Å². The first-order valence-corrected chi connectivity index (χ1v) is 9.28. The van der Waals surface area contributed by atoms with Crippen molar-refractivity contribution < 1.29 is 8.42 Å². The molecule has 0 amide bonds. The maximum absolute atomic E-state index is 11.5. The molecule has 4 nitrogen and oxygen atoms in total. The Labute approximate surface area is 110 Å². The molecule has 17 heavy (non-hydrogen) atoms. The van der Waals surface area contributed by atoms with Gasteiger partial charge in [0, 0.05) is 6.54 Å². The van der Waals surface area contributed by atoms with Gasteiger partial charge in [0.15, 0.2) is 0 Å². The van der Waals surface area contributed by atoms with Crippen molar-refractivity contribution in [2.75, 3.05) is 37.9 Å². The minimum atomic E-state index is -3.04. The van der Waals surface area contributed by atoms with E-state index in [2.05, 4.69) is 16.3 Å². The van der Waals surface area contributed by atoms with E-state index in [4.69, 9.17) is 0 Å². The van der Waals surface area contributed by atoms with Gasteiger partial charge < -0.3 is 5.32 Å². The molecule has 0 saturated heterocycles. The van der Waals surface area contributed by atoms with Crippen LogP contribution in [0.4, 0.5) is 0 Å². The number of unbranched alkanes of at least 4 members (excludes halogenated alkanes) is 3. The molecule has 0 aromatic heterocycles. The molecule has 0 rings (SSSR count). The van der Waals surface area contributed by atoms with E-state index in [1.165, 1.54) is 6.42 Å². The van der Waals surface area contributed by atoms with E-state index in [-0.39, 0.29) is 5.75 Å². The number of sulfonamides is 1. The highest BCUT2D eigenvalue weighted by molar-refractivity contribution is 7.98. The van der Waals surface area contributed by atoms with Crippen LogP contribution in [0.3, 0.4) is 0 Å². The molecule has 0 aliphatic rings. The minimum absolute atomic E-state index is 0.249. The molecule has 0 spiro atoms. The molecular formula is C11H26N2O2S2. The fourth-order valence-corrected chi connectivity index (χ4v) is 3.12. The lowest BCUT2D eigenvalue weighted by atomic mass is 10.2. The molecule has 0 unspecified atom stereocenters. The van der Waals surface area contributed by atoms with Gasteiger partial charge in [0.05, 0.1) is 5.75 Å². The standard InChI is InChI=1S/C11H26N2O2S2/c1-12-8-5-7-11-17(14,15)13-9-4-3-6-10-16-2/h12-13H,3-11H2,1-2H3. The summed E-state index contributed by atoms with van der Waals surface area (Å²) < 4.78 is 25.8. The number of hydrogen-bond acceptors (Lipinski definition) is 4. The molecule has 0 fully saturated rings. The van der Waals surface area contributed by atoms with Gasteiger partial charge in [-0.2, -0.15) is 11.8 Å². The summed E-state index contributed by atoms with van der Waals surface area (Å²) in [5.41, 5.74) is 0. The monoisotopic (exact) mass is 282 g/mol. The van der Waals surface area contributed by atoms with Gasteiger partial charge >= 0.3 is 0 Å². The van der Waals surface area contributed by atoms with Gasteiger partial charge in [-0.15, -0.1) is 0 Å².